The second-order valence-corrected chi connectivity index (χ2v) is 6.99. The summed E-state index contributed by atoms with van der Waals surface area (Å²) in [5.41, 5.74) is 0.915. The molecule has 0 radical (unpaired) electrons. The Labute approximate surface area is 135 Å². The molecule has 1 aromatic rings. The Hall–Kier alpha value is -1.66. The lowest BCUT2D eigenvalue weighted by Gasteiger charge is -2.47. The van der Waals surface area contributed by atoms with Crippen molar-refractivity contribution in [2.24, 2.45) is 5.92 Å². The van der Waals surface area contributed by atoms with Gasteiger partial charge in [-0.05, 0) is 31.9 Å². The zero-order chi connectivity index (χ0) is 16.0. The van der Waals surface area contributed by atoms with E-state index in [1.807, 2.05) is 11.0 Å². The third-order valence-electron chi connectivity index (χ3n) is 5.66. The van der Waals surface area contributed by atoms with Crippen LogP contribution in [0.3, 0.4) is 0 Å². The van der Waals surface area contributed by atoms with E-state index in [1.54, 1.807) is 16.7 Å². The van der Waals surface area contributed by atoms with Gasteiger partial charge in [0.2, 0.25) is 5.91 Å². The summed E-state index contributed by atoms with van der Waals surface area (Å²) >= 11 is 0. The molecule has 2 fully saturated rings. The highest BCUT2D eigenvalue weighted by atomic mass is 16.3. The van der Waals surface area contributed by atoms with Crippen LogP contribution in [0.25, 0.3) is 0 Å². The number of carbonyl (C=O) groups excluding carboxylic acids is 1. The van der Waals surface area contributed by atoms with Crippen molar-refractivity contribution in [1.82, 2.24) is 14.8 Å². The predicted molar refractivity (Wildman–Crippen MR) is 85.3 cm³/mol. The number of piperidine rings is 1. The zero-order valence-corrected chi connectivity index (χ0v) is 13.1. The van der Waals surface area contributed by atoms with Gasteiger partial charge in [-0.2, -0.15) is 0 Å². The minimum atomic E-state index is -0.220. The van der Waals surface area contributed by atoms with Crippen molar-refractivity contribution >= 4 is 5.91 Å². The first kappa shape index (κ1) is 14.9. The number of carbonyl (C=O) groups is 1. The number of hydrogen-bond acceptors (Lipinski definition) is 4. The SMILES string of the molecule is O=C([C@@H]1CCCN1)N1C[C@H]2C[C@@H](C1)[C@H](CO)n1c2cccc1=O. The van der Waals surface area contributed by atoms with Gasteiger partial charge in [-0.25, -0.2) is 0 Å². The van der Waals surface area contributed by atoms with Crippen LogP contribution in [-0.4, -0.2) is 52.8 Å². The normalized spacial score (nSPS) is 32.7. The minimum absolute atomic E-state index is 0.0477. The highest BCUT2D eigenvalue weighted by Gasteiger charge is 2.42. The molecule has 4 atom stereocenters. The van der Waals surface area contributed by atoms with Gasteiger partial charge in [0.25, 0.3) is 5.56 Å². The fourth-order valence-corrected chi connectivity index (χ4v) is 4.57. The second kappa shape index (κ2) is 5.76. The first-order valence-electron chi connectivity index (χ1n) is 8.53. The van der Waals surface area contributed by atoms with Gasteiger partial charge in [0.1, 0.15) is 0 Å². The molecule has 124 valence electrons. The Morgan fingerprint density at radius 2 is 2.22 bits per heavy atom. The van der Waals surface area contributed by atoms with Crippen molar-refractivity contribution < 1.29 is 9.90 Å². The van der Waals surface area contributed by atoms with Crippen LogP contribution in [-0.2, 0) is 4.79 Å². The second-order valence-electron chi connectivity index (χ2n) is 6.99. The lowest BCUT2D eigenvalue weighted by atomic mass is 9.78. The average Bonchev–Trinajstić information content (AvgIpc) is 3.10. The molecule has 2 N–H and O–H groups in total. The third kappa shape index (κ3) is 2.40. The fourth-order valence-electron chi connectivity index (χ4n) is 4.57. The van der Waals surface area contributed by atoms with Crippen molar-refractivity contribution in [3.05, 3.63) is 34.2 Å². The molecule has 23 heavy (non-hydrogen) atoms. The fraction of sp³-hybridized carbons (Fsp3) is 0.647. The van der Waals surface area contributed by atoms with E-state index in [1.165, 1.54) is 0 Å². The summed E-state index contributed by atoms with van der Waals surface area (Å²) in [5, 5.41) is 13.1. The van der Waals surface area contributed by atoms with E-state index in [-0.39, 0.29) is 42.0 Å². The van der Waals surface area contributed by atoms with Crippen LogP contribution in [0.2, 0.25) is 0 Å². The highest BCUT2D eigenvalue weighted by Crippen LogP contribution is 2.41. The van der Waals surface area contributed by atoms with Crippen LogP contribution >= 0.6 is 0 Å². The molecule has 3 aliphatic rings. The van der Waals surface area contributed by atoms with Crippen LogP contribution in [0.15, 0.2) is 23.0 Å². The van der Waals surface area contributed by atoms with Gasteiger partial charge in [0.05, 0.1) is 18.7 Å². The Morgan fingerprint density at radius 1 is 1.35 bits per heavy atom. The van der Waals surface area contributed by atoms with E-state index < -0.39 is 0 Å². The van der Waals surface area contributed by atoms with Crippen LogP contribution in [0.5, 0.6) is 0 Å². The van der Waals surface area contributed by atoms with Crippen molar-refractivity contribution in [1.29, 1.82) is 0 Å². The van der Waals surface area contributed by atoms with Crippen LogP contribution < -0.4 is 10.9 Å². The van der Waals surface area contributed by atoms with Gasteiger partial charge in [0, 0.05) is 36.7 Å². The number of rotatable bonds is 2. The molecule has 1 amide bonds. The summed E-state index contributed by atoms with van der Waals surface area (Å²) in [5.74, 6) is 0.521. The van der Waals surface area contributed by atoms with E-state index in [0.29, 0.717) is 13.1 Å². The van der Waals surface area contributed by atoms with Crippen molar-refractivity contribution in [3.63, 3.8) is 0 Å². The van der Waals surface area contributed by atoms with Crippen LogP contribution in [0, 0.1) is 5.92 Å². The number of fused-ring (bicyclic) bond motifs is 4. The molecule has 0 spiro atoms. The molecule has 0 aromatic carbocycles. The summed E-state index contributed by atoms with van der Waals surface area (Å²) in [4.78, 5) is 26.9. The van der Waals surface area contributed by atoms with Gasteiger partial charge in [-0.3, -0.25) is 9.59 Å². The molecule has 2 bridgehead atoms. The minimum Gasteiger partial charge on any atom is -0.394 e. The topological polar surface area (TPSA) is 74.6 Å². The maximum atomic E-state index is 12.7. The lowest BCUT2D eigenvalue weighted by molar-refractivity contribution is -0.136. The standard InChI is InChI=1S/C17H23N3O3/c21-10-15-12-7-11(14-4-1-5-16(22)20(14)15)8-19(9-12)17(23)13-3-2-6-18-13/h1,4-5,11-13,15,18,21H,2-3,6-10H2/t11-,12+,13+,15+/m1/s1. The molecule has 0 saturated carbocycles. The van der Waals surface area contributed by atoms with Gasteiger partial charge in [0.15, 0.2) is 0 Å². The molecule has 0 aliphatic carbocycles. The first-order valence-corrected chi connectivity index (χ1v) is 8.53. The molecule has 3 aliphatic heterocycles. The molecule has 0 unspecified atom stereocenters. The number of nitrogens with zero attached hydrogens (tertiary/aromatic N) is 2. The maximum Gasteiger partial charge on any atom is 0.251 e. The molecule has 1 aromatic heterocycles. The van der Waals surface area contributed by atoms with E-state index in [2.05, 4.69) is 5.32 Å². The number of pyridine rings is 1. The van der Waals surface area contributed by atoms with E-state index in [9.17, 15) is 14.7 Å². The Bertz CT molecular complexity index is 665. The summed E-state index contributed by atoms with van der Waals surface area (Å²) in [7, 11) is 0. The Balaban J connectivity index is 1.66. The van der Waals surface area contributed by atoms with E-state index in [0.717, 1.165) is 31.5 Å². The van der Waals surface area contributed by atoms with Crippen molar-refractivity contribution in [3.8, 4) is 0 Å². The van der Waals surface area contributed by atoms with Crippen LogP contribution in [0.1, 0.15) is 36.9 Å². The smallest absolute Gasteiger partial charge is 0.251 e. The maximum absolute atomic E-state index is 12.7. The quantitative estimate of drug-likeness (QED) is 0.810. The Morgan fingerprint density at radius 3 is 2.96 bits per heavy atom. The van der Waals surface area contributed by atoms with Crippen LogP contribution in [0.4, 0.5) is 0 Å². The average molecular weight is 317 g/mol. The zero-order valence-electron chi connectivity index (χ0n) is 13.1. The van der Waals surface area contributed by atoms with Crippen molar-refractivity contribution in [2.45, 2.75) is 37.3 Å². The highest BCUT2D eigenvalue weighted by molar-refractivity contribution is 5.82. The van der Waals surface area contributed by atoms with Gasteiger partial charge < -0.3 is 19.9 Å². The number of likely N-dealkylation sites (tertiary alicyclic amines) is 1. The number of aliphatic hydroxyl groups is 1. The monoisotopic (exact) mass is 317 g/mol. The molecule has 6 nitrogen and oxygen atoms in total. The predicted octanol–water partition coefficient (Wildman–Crippen LogP) is 0.0794. The largest absolute Gasteiger partial charge is 0.394 e. The summed E-state index contributed by atoms with van der Waals surface area (Å²) in [6.45, 7) is 2.17. The van der Waals surface area contributed by atoms with Gasteiger partial charge in [-0.1, -0.05) is 6.07 Å². The third-order valence-corrected chi connectivity index (χ3v) is 5.66. The lowest BCUT2D eigenvalue weighted by Crippen LogP contribution is -2.54. The summed E-state index contributed by atoms with van der Waals surface area (Å²) in [6.07, 6.45) is 2.90. The van der Waals surface area contributed by atoms with E-state index in [4.69, 9.17) is 0 Å². The number of aliphatic hydroxyl groups excluding tert-OH is 1. The number of hydrogen-bond donors (Lipinski definition) is 2. The number of amides is 1. The Kier molecular flexibility index (Phi) is 3.73. The molecule has 6 heteroatoms. The van der Waals surface area contributed by atoms with E-state index >= 15 is 0 Å². The first-order chi connectivity index (χ1) is 11.2. The van der Waals surface area contributed by atoms with Crippen molar-refractivity contribution in [2.75, 3.05) is 26.2 Å². The molecular weight excluding hydrogens is 294 g/mol. The molecular formula is C17H23N3O3. The number of aromatic nitrogens is 1. The number of nitrogens with one attached hydrogen (secondary N) is 1. The summed E-state index contributed by atoms with van der Waals surface area (Å²) in [6, 6.07) is 5.02. The van der Waals surface area contributed by atoms with Gasteiger partial charge >= 0.3 is 0 Å². The van der Waals surface area contributed by atoms with Gasteiger partial charge in [-0.15, -0.1) is 0 Å². The summed E-state index contributed by atoms with van der Waals surface area (Å²) < 4.78 is 1.76. The molecule has 4 heterocycles. The molecule has 2 saturated heterocycles. The molecule has 4 rings (SSSR count).